The van der Waals surface area contributed by atoms with Gasteiger partial charge in [-0.2, -0.15) is 5.26 Å². The Morgan fingerprint density at radius 3 is 2.59 bits per heavy atom. The number of rotatable bonds is 6. The lowest BCUT2D eigenvalue weighted by atomic mass is 10.1. The summed E-state index contributed by atoms with van der Waals surface area (Å²) >= 11 is 0. The summed E-state index contributed by atoms with van der Waals surface area (Å²) in [5, 5.41) is 8.63. The normalized spacial score (nSPS) is 10.8. The highest BCUT2D eigenvalue weighted by atomic mass is 15.1. The van der Waals surface area contributed by atoms with Gasteiger partial charge >= 0.3 is 0 Å². The Morgan fingerprint density at radius 2 is 2.00 bits per heavy atom. The Morgan fingerprint density at radius 1 is 1.29 bits per heavy atom. The molecule has 0 aliphatic rings. The minimum absolute atomic E-state index is 0.466. The SMILES string of the molecule is CC(C)N(CCC#N)CCc1ccccc1N. The molecule has 0 spiro atoms. The number of hydrogen-bond acceptors (Lipinski definition) is 3. The fourth-order valence-electron chi connectivity index (χ4n) is 1.85. The first kappa shape index (κ1) is 13.5. The average molecular weight is 231 g/mol. The van der Waals surface area contributed by atoms with Gasteiger partial charge in [0, 0.05) is 31.2 Å². The van der Waals surface area contributed by atoms with Gasteiger partial charge in [0.05, 0.1) is 6.07 Å². The van der Waals surface area contributed by atoms with Gasteiger partial charge in [0.2, 0.25) is 0 Å². The second-order valence-corrected chi connectivity index (χ2v) is 4.49. The van der Waals surface area contributed by atoms with Crippen molar-refractivity contribution in [2.75, 3.05) is 18.8 Å². The Kier molecular flexibility index (Phi) is 5.51. The third-order valence-electron chi connectivity index (χ3n) is 2.96. The van der Waals surface area contributed by atoms with E-state index in [-0.39, 0.29) is 0 Å². The van der Waals surface area contributed by atoms with E-state index in [0.717, 1.165) is 25.2 Å². The lowest BCUT2D eigenvalue weighted by Crippen LogP contribution is -2.33. The van der Waals surface area contributed by atoms with Gasteiger partial charge in [-0.3, -0.25) is 4.90 Å². The van der Waals surface area contributed by atoms with Crippen LogP contribution in [0, 0.1) is 11.3 Å². The van der Waals surface area contributed by atoms with E-state index in [9.17, 15) is 0 Å². The molecule has 0 atom stereocenters. The highest BCUT2D eigenvalue weighted by Gasteiger charge is 2.09. The number of nitrogens with zero attached hydrogens (tertiary/aromatic N) is 2. The molecule has 0 aliphatic heterocycles. The maximum Gasteiger partial charge on any atom is 0.0635 e. The van der Waals surface area contributed by atoms with E-state index in [0.29, 0.717) is 12.5 Å². The number of anilines is 1. The van der Waals surface area contributed by atoms with E-state index in [2.05, 4.69) is 30.9 Å². The first-order valence-corrected chi connectivity index (χ1v) is 6.09. The van der Waals surface area contributed by atoms with Crippen LogP contribution in [0.5, 0.6) is 0 Å². The Balaban J connectivity index is 2.52. The number of nitrogen functional groups attached to an aromatic ring is 1. The molecular formula is C14H21N3. The second-order valence-electron chi connectivity index (χ2n) is 4.49. The zero-order chi connectivity index (χ0) is 12.7. The van der Waals surface area contributed by atoms with Crippen molar-refractivity contribution in [3.63, 3.8) is 0 Å². The molecule has 0 unspecified atom stereocenters. The van der Waals surface area contributed by atoms with Gasteiger partial charge in [-0.05, 0) is 31.9 Å². The monoisotopic (exact) mass is 231 g/mol. The largest absolute Gasteiger partial charge is 0.399 e. The molecule has 3 nitrogen and oxygen atoms in total. The van der Waals surface area contributed by atoms with Crippen molar-refractivity contribution in [3.05, 3.63) is 29.8 Å². The molecule has 0 heterocycles. The molecule has 0 bridgehead atoms. The first-order valence-electron chi connectivity index (χ1n) is 6.09. The number of benzene rings is 1. The van der Waals surface area contributed by atoms with Crippen LogP contribution in [0.4, 0.5) is 5.69 Å². The lowest BCUT2D eigenvalue weighted by Gasteiger charge is -2.25. The Hall–Kier alpha value is -1.53. The highest BCUT2D eigenvalue weighted by molar-refractivity contribution is 5.46. The van der Waals surface area contributed by atoms with Crippen LogP contribution in [0.25, 0.3) is 0 Å². The molecule has 0 fully saturated rings. The first-order chi connectivity index (χ1) is 8.15. The smallest absolute Gasteiger partial charge is 0.0635 e. The maximum absolute atomic E-state index is 8.63. The van der Waals surface area contributed by atoms with Crippen LogP contribution >= 0.6 is 0 Å². The summed E-state index contributed by atoms with van der Waals surface area (Å²) in [6.07, 6.45) is 1.53. The zero-order valence-electron chi connectivity index (χ0n) is 10.7. The zero-order valence-corrected chi connectivity index (χ0v) is 10.7. The standard InChI is InChI=1S/C14H21N3/c1-12(2)17(10-5-9-15)11-8-13-6-3-4-7-14(13)16/h3-4,6-7,12H,5,8,10-11,16H2,1-2H3. The number of para-hydroxylation sites is 1. The molecule has 0 saturated heterocycles. The highest BCUT2D eigenvalue weighted by Crippen LogP contribution is 2.12. The fraction of sp³-hybridized carbons (Fsp3) is 0.500. The summed E-state index contributed by atoms with van der Waals surface area (Å²) in [7, 11) is 0. The minimum Gasteiger partial charge on any atom is -0.399 e. The molecule has 0 aromatic heterocycles. The van der Waals surface area contributed by atoms with E-state index in [4.69, 9.17) is 11.0 Å². The van der Waals surface area contributed by atoms with Crippen molar-refractivity contribution in [3.8, 4) is 6.07 Å². The van der Waals surface area contributed by atoms with Gasteiger partial charge in [-0.15, -0.1) is 0 Å². The van der Waals surface area contributed by atoms with Crippen molar-refractivity contribution in [2.45, 2.75) is 32.7 Å². The van der Waals surface area contributed by atoms with Crippen LogP contribution in [0.2, 0.25) is 0 Å². The quantitative estimate of drug-likeness (QED) is 0.765. The average Bonchev–Trinajstić information content (AvgIpc) is 2.31. The third kappa shape index (κ3) is 4.46. The molecule has 0 radical (unpaired) electrons. The molecule has 0 aliphatic carbocycles. The molecule has 0 saturated carbocycles. The van der Waals surface area contributed by atoms with Crippen molar-refractivity contribution in [1.29, 1.82) is 5.26 Å². The van der Waals surface area contributed by atoms with Crippen LogP contribution in [-0.4, -0.2) is 24.0 Å². The van der Waals surface area contributed by atoms with Gasteiger partial charge in [-0.1, -0.05) is 18.2 Å². The van der Waals surface area contributed by atoms with Crippen molar-refractivity contribution >= 4 is 5.69 Å². The van der Waals surface area contributed by atoms with Crippen LogP contribution in [0.1, 0.15) is 25.8 Å². The summed E-state index contributed by atoms with van der Waals surface area (Å²) in [6.45, 7) is 6.10. The molecule has 1 rings (SSSR count). The van der Waals surface area contributed by atoms with Gasteiger partial charge < -0.3 is 5.73 Å². The van der Waals surface area contributed by atoms with E-state index in [1.807, 2.05) is 18.2 Å². The molecule has 2 N–H and O–H groups in total. The van der Waals surface area contributed by atoms with Crippen LogP contribution in [0.3, 0.4) is 0 Å². The Labute approximate surface area is 104 Å². The summed E-state index contributed by atoms with van der Waals surface area (Å²) < 4.78 is 0. The molecule has 92 valence electrons. The Bertz CT molecular complexity index is 379. The van der Waals surface area contributed by atoms with E-state index in [1.54, 1.807) is 0 Å². The van der Waals surface area contributed by atoms with Crippen LogP contribution in [0.15, 0.2) is 24.3 Å². The predicted molar refractivity (Wildman–Crippen MR) is 71.5 cm³/mol. The third-order valence-corrected chi connectivity index (χ3v) is 2.96. The summed E-state index contributed by atoms with van der Waals surface area (Å²) in [5.41, 5.74) is 7.96. The van der Waals surface area contributed by atoms with Crippen LogP contribution in [-0.2, 0) is 6.42 Å². The van der Waals surface area contributed by atoms with Gasteiger partial charge in [0.15, 0.2) is 0 Å². The minimum atomic E-state index is 0.466. The van der Waals surface area contributed by atoms with Crippen molar-refractivity contribution in [2.24, 2.45) is 0 Å². The lowest BCUT2D eigenvalue weighted by molar-refractivity contribution is 0.229. The number of hydrogen-bond donors (Lipinski definition) is 1. The summed E-state index contributed by atoms with van der Waals surface area (Å²) in [5.74, 6) is 0. The van der Waals surface area contributed by atoms with E-state index < -0.39 is 0 Å². The van der Waals surface area contributed by atoms with Crippen LogP contribution < -0.4 is 5.73 Å². The molecule has 0 amide bonds. The molecular weight excluding hydrogens is 210 g/mol. The van der Waals surface area contributed by atoms with Gasteiger partial charge in [-0.25, -0.2) is 0 Å². The number of nitriles is 1. The molecule has 3 heteroatoms. The molecule has 17 heavy (non-hydrogen) atoms. The fourth-order valence-corrected chi connectivity index (χ4v) is 1.85. The maximum atomic E-state index is 8.63. The van der Waals surface area contributed by atoms with Gasteiger partial charge in [0.1, 0.15) is 0 Å². The van der Waals surface area contributed by atoms with Crippen molar-refractivity contribution < 1.29 is 0 Å². The predicted octanol–water partition coefficient (Wildman–Crippen LogP) is 2.44. The second kappa shape index (κ2) is 6.93. The topological polar surface area (TPSA) is 53.0 Å². The number of nitrogens with two attached hydrogens (primary N) is 1. The summed E-state index contributed by atoms with van der Waals surface area (Å²) in [4.78, 5) is 2.32. The summed E-state index contributed by atoms with van der Waals surface area (Å²) in [6, 6.07) is 10.6. The molecule has 1 aromatic rings. The van der Waals surface area contributed by atoms with E-state index in [1.165, 1.54) is 5.56 Å². The van der Waals surface area contributed by atoms with Crippen molar-refractivity contribution in [1.82, 2.24) is 4.90 Å². The van der Waals surface area contributed by atoms with E-state index >= 15 is 0 Å². The molecule has 1 aromatic carbocycles. The van der Waals surface area contributed by atoms with Gasteiger partial charge in [0.25, 0.3) is 0 Å².